The van der Waals surface area contributed by atoms with E-state index in [-0.39, 0.29) is 0 Å². The van der Waals surface area contributed by atoms with Gasteiger partial charge in [0, 0.05) is 53.6 Å². The van der Waals surface area contributed by atoms with Gasteiger partial charge in [-0.2, -0.15) is 0 Å². The highest BCUT2D eigenvalue weighted by Gasteiger charge is 2.21. The molecule has 0 aliphatic rings. The molecule has 0 saturated heterocycles. The van der Waals surface area contributed by atoms with Crippen molar-refractivity contribution < 1.29 is 0 Å². The van der Waals surface area contributed by atoms with E-state index in [0.29, 0.717) is 5.02 Å². The maximum absolute atomic E-state index is 6.91. The van der Waals surface area contributed by atoms with Gasteiger partial charge in [-0.1, -0.05) is 109 Å². The Morgan fingerprint density at radius 1 is 0.391 bits per heavy atom. The normalized spacial score (nSPS) is 11.2. The molecule has 46 heavy (non-hydrogen) atoms. The van der Waals surface area contributed by atoms with Crippen LogP contribution in [0, 0.1) is 0 Å². The SMILES string of the molecule is Clc1cc(N(c2ccccc2)c2cccc(-c3ccccc3)c2)c2c(c1)sc1ccc(N(c3ccccc3)c3ccccc3)cc12. The second-order valence-corrected chi connectivity index (χ2v) is 12.7. The van der Waals surface area contributed by atoms with Gasteiger partial charge in [0.1, 0.15) is 0 Å². The zero-order valence-electron chi connectivity index (χ0n) is 24.9. The fourth-order valence-corrected chi connectivity index (χ4v) is 7.64. The lowest BCUT2D eigenvalue weighted by atomic mass is 10.0. The lowest BCUT2D eigenvalue weighted by molar-refractivity contribution is 1.29. The van der Waals surface area contributed by atoms with Gasteiger partial charge in [0.2, 0.25) is 0 Å². The Labute approximate surface area is 278 Å². The fraction of sp³-hybridized carbons (Fsp3) is 0. The van der Waals surface area contributed by atoms with E-state index < -0.39 is 0 Å². The smallest absolute Gasteiger partial charge is 0.0569 e. The molecule has 0 fully saturated rings. The van der Waals surface area contributed by atoms with Crippen LogP contribution in [-0.2, 0) is 0 Å². The largest absolute Gasteiger partial charge is 0.310 e. The van der Waals surface area contributed by atoms with Gasteiger partial charge in [-0.15, -0.1) is 11.3 Å². The molecule has 4 heteroatoms. The molecule has 0 N–H and O–H groups in total. The average molecular weight is 629 g/mol. The van der Waals surface area contributed by atoms with Gasteiger partial charge in [0.15, 0.2) is 0 Å². The van der Waals surface area contributed by atoms with E-state index in [1.807, 2.05) is 0 Å². The van der Waals surface area contributed by atoms with Crippen LogP contribution in [0.5, 0.6) is 0 Å². The van der Waals surface area contributed by atoms with Crippen molar-refractivity contribution in [3.63, 3.8) is 0 Å². The highest BCUT2D eigenvalue weighted by molar-refractivity contribution is 7.26. The van der Waals surface area contributed by atoms with Gasteiger partial charge >= 0.3 is 0 Å². The van der Waals surface area contributed by atoms with Crippen LogP contribution < -0.4 is 9.80 Å². The summed E-state index contributed by atoms with van der Waals surface area (Å²) in [6, 6.07) is 61.9. The van der Waals surface area contributed by atoms with Gasteiger partial charge in [0.05, 0.1) is 5.69 Å². The molecular weight excluding hydrogens is 600 g/mol. The van der Waals surface area contributed by atoms with Crippen molar-refractivity contribution in [2.45, 2.75) is 0 Å². The third-order valence-corrected chi connectivity index (χ3v) is 9.59. The molecule has 0 spiro atoms. The first-order valence-electron chi connectivity index (χ1n) is 15.3. The third-order valence-electron chi connectivity index (χ3n) is 8.25. The van der Waals surface area contributed by atoms with Crippen LogP contribution in [0.1, 0.15) is 0 Å². The Morgan fingerprint density at radius 2 is 0.913 bits per heavy atom. The Balaban J connectivity index is 1.37. The Bertz CT molecular complexity index is 2230. The van der Waals surface area contributed by atoms with Crippen molar-refractivity contribution in [3.05, 3.63) is 181 Å². The fourth-order valence-electron chi connectivity index (χ4n) is 6.22. The second kappa shape index (κ2) is 12.2. The molecule has 0 bridgehead atoms. The molecule has 0 aliphatic carbocycles. The number of nitrogens with zero attached hydrogens (tertiary/aromatic N) is 2. The average Bonchev–Trinajstić information content (AvgIpc) is 3.48. The molecule has 0 saturated carbocycles. The molecule has 8 rings (SSSR count). The number of anilines is 6. The van der Waals surface area contributed by atoms with Crippen molar-refractivity contribution in [1.82, 2.24) is 0 Å². The van der Waals surface area contributed by atoms with Crippen LogP contribution in [0.2, 0.25) is 5.02 Å². The minimum Gasteiger partial charge on any atom is -0.310 e. The Morgan fingerprint density at radius 3 is 1.54 bits per heavy atom. The van der Waals surface area contributed by atoms with Gasteiger partial charge < -0.3 is 9.80 Å². The summed E-state index contributed by atoms with van der Waals surface area (Å²) in [5.41, 5.74) is 8.86. The molecule has 0 unspecified atom stereocenters. The number of benzene rings is 7. The van der Waals surface area contributed by atoms with E-state index in [0.717, 1.165) is 44.4 Å². The van der Waals surface area contributed by atoms with Crippen LogP contribution in [-0.4, -0.2) is 0 Å². The number of hydrogen-bond acceptors (Lipinski definition) is 3. The van der Waals surface area contributed by atoms with E-state index in [9.17, 15) is 0 Å². The van der Waals surface area contributed by atoms with Crippen LogP contribution in [0.25, 0.3) is 31.3 Å². The van der Waals surface area contributed by atoms with E-state index in [1.165, 1.54) is 21.0 Å². The summed E-state index contributed by atoms with van der Waals surface area (Å²) >= 11 is 8.69. The molecule has 220 valence electrons. The van der Waals surface area contributed by atoms with Gasteiger partial charge in [-0.25, -0.2) is 0 Å². The highest BCUT2D eigenvalue weighted by Crippen LogP contribution is 2.48. The molecule has 0 atom stereocenters. The van der Waals surface area contributed by atoms with Crippen LogP contribution in [0.4, 0.5) is 34.1 Å². The number of rotatable bonds is 7. The maximum Gasteiger partial charge on any atom is 0.0569 e. The standard InChI is InChI=1S/C42H29ClN2S/c43-32-27-39(45(35-21-11-4-12-22-35)36-23-13-16-31(26-36)30-14-5-1-6-15-30)42-38-29-37(24-25-40(38)46-41(42)28-32)44(33-17-7-2-8-18-33)34-19-9-3-10-20-34/h1-29H. The molecule has 2 nitrogen and oxygen atoms in total. The van der Waals surface area contributed by atoms with Crippen LogP contribution in [0.3, 0.4) is 0 Å². The summed E-state index contributed by atoms with van der Waals surface area (Å²) < 4.78 is 2.37. The molecular formula is C42H29ClN2S. The first kappa shape index (κ1) is 28.1. The summed E-state index contributed by atoms with van der Waals surface area (Å²) in [5, 5.41) is 3.09. The lowest BCUT2D eigenvalue weighted by Gasteiger charge is -2.27. The topological polar surface area (TPSA) is 6.48 Å². The zero-order chi connectivity index (χ0) is 30.9. The molecule has 0 radical (unpaired) electrons. The third kappa shape index (κ3) is 5.30. The van der Waals surface area contributed by atoms with Gasteiger partial charge in [0.25, 0.3) is 0 Å². The van der Waals surface area contributed by atoms with Crippen molar-refractivity contribution in [2.24, 2.45) is 0 Å². The maximum atomic E-state index is 6.91. The predicted molar refractivity (Wildman–Crippen MR) is 199 cm³/mol. The molecule has 0 aliphatic heterocycles. The first-order valence-corrected chi connectivity index (χ1v) is 16.5. The molecule has 0 amide bonds. The predicted octanol–water partition coefficient (Wildman–Crippen LogP) is 13.3. The lowest BCUT2D eigenvalue weighted by Crippen LogP contribution is -2.10. The molecule has 7 aromatic carbocycles. The quantitative estimate of drug-likeness (QED) is 0.173. The van der Waals surface area contributed by atoms with Crippen LogP contribution >= 0.6 is 22.9 Å². The highest BCUT2D eigenvalue weighted by atomic mass is 35.5. The van der Waals surface area contributed by atoms with Crippen molar-refractivity contribution in [3.8, 4) is 11.1 Å². The van der Waals surface area contributed by atoms with Gasteiger partial charge in [-0.3, -0.25) is 0 Å². The zero-order valence-corrected chi connectivity index (χ0v) is 26.5. The summed E-state index contributed by atoms with van der Waals surface area (Å²) in [4.78, 5) is 4.66. The number of para-hydroxylation sites is 3. The summed E-state index contributed by atoms with van der Waals surface area (Å²) in [6.45, 7) is 0. The van der Waals surface area contributed by atoms with E-state index in [4.69, 9.17) is 11.6 Å². The Kier molecular flexibility index (Phi) is 7.47. The summed E-state index contributed by atoms with van der Waals surface area (Å²) in [5.74, 6) is 0. The monoisotopic (exact) mass is 628 g/mol. The molecule has 1 heterocycles. The first-order chi connectivity index (χ1) is 22.7. The van der Waals surface area contributed by atoms with Crippen molar-refractivity contribution in [2.75, 3.05) is 9.80 Å². The van der Waals surface area contributed by atoms with Crippen LogP contribution in [0.15, 0.2) is 176 Å². The number of fused-ring (bicyclic) bond motifs is 3. The molecule has 8 aromatic rings. The van der Waals surface area contributed by atoms with E-state index in [1.54, 1.807) is 11.3 Å². The second-order valence-electron chi connectivity index (χ2n) is 11.2. The van der Waals surface area contributed by atoms with Crippen molar-refractivity contribution >= 4 is 77.2 Å². The Hall–Kier alpha value is -5.35. The number of hydrogen-bond donors (Lipinski definition) is 0. The summed E-state index contributed by atoms with van der Waals surface area (Å²) in [6.07, 6.45) is 0. The van der Waals surface area contributed by atoms with E-state index >= 15 is 0 Å². The van der Waals surface area contributed by atoms with Gasteiger partial charge in [-0.05, 0) is 90.0 Å². The number of thiophene rings is 1. The minimum atomic E-state index is 0.713. The van der Waals surface area contributed by atoms with E-state index in [2.05, 4.69) is 186 Å². The minimum absolute atomic E-state index is 0.713. The number of halogens is 1. The molecule has 1 aromatic heterocycles. The van der Waals surface area contributed by atoms with Crippen molar-refractivity contribution in [1.29, 1.82) is 0 Å². The summed E-state index contributed by atoms with van der Waals surface area (Å²) in [7, 11) is 0.